The van der Waals surface area contributed by atoms with Crippen LogP contribution >= 0.6 is 0 Å². The first kappa shape index (κ1) is 24.5. The Kier molecular flexibility index (Phi) is 7.52. The molecule has 1 aliphatic rings. The summed E-state index contributed by atoms with van der Waals surface area (Å²) in [6, 6.07) is 16.2. The zero-order valence-electron chi connectivity index (χ0n) is 19.8. The molecule has 1 aliphatic heterocycles. The summed E-state index contributed by atoms with van der Waals surface area (Å²) >= 11 is 0. The number of amides is 1. The molecule has 4 rings (SSSR count). The van der Waals surface area contributed by atoms with Gasteiger partial charge in [0, 0.05) is 55.7 Å². The maximum atomic E-state index is 12.7. The summed E-state index contributed by atoms with van der Waals surface area (Å²) in [4.78, 5) is 21.8. The lowest BCUT2D eigenvalue weighted by molar-refractivity contribution is 0.0951. The molecule has 1 fully saturated rings. The second kappa shape index (κ2) is 10.7. The van der Waals surface area contributed by atoms with Gasteiger partial charge in [0.05, 0.1) is 12.0 Å². The van der Waals surface area contributed by atoms with Crippen molar-refractivity contribution in [1.82, 2.24) is 15.2 Å². The van der Waals surface area contributed by atoms with Gasteiger partial charge >= 0.3 is 0 Å². The van der Waals surface area contributed by atoms with Crippen LogP contribution in [0.1, 0.15) is 15.9 Å². The van der Waals surface area contributed by atoms with E-state index >= 15 is 0 Å². The van der Waals surface area contributed by atoms with Crippen LogP contribution in [0.2, 0.25) is 0 Å². The molecule has 184 valence electrons. The van der Waals surface area contributed by atoms with Gasteiger partial charge in [-0.2, -0.15) is 0 Å². The van der Waals surface area contributed by atoms with Crippen LogP contribution in [0.5, 0.6) is 5.75 Å². The van der Waals surface area contributed by atoms with E-state index < -0.39 is 10.0 Å². The summed E-state index contributed by atoms with van der Waals surface area (Å²) in [6.07, 6.45) is 1.76. The molecule has 0 aliphatic carbocycles. The molecule has 10 heteroatoms. The Hall–Kier alpha value is -3.63. The van der Waals surface area contributed by atoms with Crippen LogP contribution in [0.15, 0.2) is 71.8 Å². The van der Waals surface area contributed by atoms with Gasteiger partial charge in [-0.25, -0.2) is 13.4 Å². The third kappa shape index (κ3) is 6.09. The molecule has 0 spiro atoms. The number of hydrogen-bond acceptors (Lipinski definition) is 7. The van der Waals surface area contributed by atoms with Gasteiger partial charge in [0.25, 0.3) is 15.9 Å². The average molecular weight is 496 g/mol. The van der Waals surface area contributed by atoms with Crippen molar-refractivity contribution in [3.05, 3.63) is 78.0 Å². The molecule has 0 saturated carbocycles. The number of sulfonamides is 1. The molecule has 0 unspecified atom stereocenters. The molecule has 3 aromatic rings. The number of benzene rings is 2. The summed E-state index contributed by atoms with van der Waals surface area (Å²) in [7, 11) is -0.151. The van der Waals surface area contributed by atoms with Crippen LogP contribution < -0.4 is 19.7 Å². The Morgan fingerprint density at radius 1 is 1.00 bits per heavy atom. The van der Waals surface area contributed by atoms with Crippen LogP contribution in [-0.2, 0) is 16.6 Å². The average Bonchev–Trinajstić information content (AvgIpc) is 2.88. The van der Waals surface area contributed by atoms with Crippen LogP contribution in [0, 0.1) is 0 Å². The van der Waals surface area contributed by atoms with Crippen LogP contribution in [-0.4, -0.2) is 64.5 Å². The van der Waals surface area contributed by atoms with Crippen molar-refractivity contribution in [2.24, 2.45) is 0 Å². The van der Waals surface area contributed by atoms with Gasteiger partial charge in [-0.1, -0.05) is 6.07 Å². The number of aromatic nitrogens is 1. The zero-order chi connectivity index (χ0) is 24.8. The summed E-state index contributed by atoms with van der Waals surface area (Å²) in [5.74, 6) is 1.22. The second-order valence-electron chi connectivity index (χ2n) is 8.32. The van der Waals surface area contributed by atoms with Gasteiger partial charge in [-0.15, -0.1) is 0 Å². The molecular formula is C25H29N5O4S. The van der Waals surface area contributed by atoms with E-state index in [0.717, 1.165) is 37.6 Å². The molecule has 0 atom stereocenters. The fraction of sp³-hybridized carbons (Fsp3) is 0.280. The zero-order valence-corrected chi connectivity index (χ0v) is 20.6. The largest absolute Gasteiger partial charge is 0.497 e. The number of nitrogens with one attached hydrogen (secondary N) is 2. The monoisotopic (exact) mass is 495 g/mol. The number of pyridine rings is 1. The van der Waals surface area contributed by atoms with Crippen molar-refractivity contribution < 1.29 is 17.9 Å². The smallest absolute Gasteiger partial charge is 0.261 e. The van der Waals surface area contributed by atoms with E-state index in [0.29, 0.717) is 23.5 Å². The molecule has 0 radical (unpaired) electrons. The highest BCUT2D eigenvalue weighted by atomic mass is 32.2. The minimum atomic E-state index is -3.79. The maximum Gasteiger partial charge on any atom is 0.261 e. The van der Waals surface area contributed by atoms with Gasteiger partial charge in [0.15, 0.2) is 0 Å². The topological polar surface area (TPSA) is 104 Å². The van der Waals surface area contributed by atoms with Crippen molar-refractivity contribution in [2.75, 3.05) is 50.0 Å². The van der Waals surface area contributed by atoms with Gasteiger partial charge < -0.3 is 19.9 Å². The summed E-state index contributed by atoms with van der Waals surface area (Å²) in [5.41, 5.74) is 1.73. The number of carbonyl (C=O) groups excluding carboxylic acids is 1. The molecule has 2 heterocycles. The number of nitrogens with zero attached hydrogens (tertiary/aromatic N) is 3. The van der Waals surface area contributed by atoms with Gasteiger partial charge in [0.1, 0.15) is 11.6 Å². The maximum absolute atomic E-state index is 12.7. The third-order valence-corrected chi connectivity index (χ3v) is 7.28. The van der Waals surface area contributed by atoms with E-state index in [4.69, 9.17) is 4.74 Å². The summed E-state index contributed by atoms with van der Waals surface area (Å²) < 4.78 is 33.0. The Balaban J connectivity index is 1.39. The quantitative estimate of drug-likeness (QED) is 0.495. The predicted octanol–water partition coefficient (Wildman–Crippen LogP) is 2.57. The Morgan fingerprint density at radius 3 is 2.34 bits per heavy atom. The van der Waals surface area contributed by atoms with E-state index in [1.807, 2.05) is 12.1 Å². The second-order valence-corrected chi connectivity index (χ2v) is 10.00. The first-order chi connectivity index (χ1) is 16.9. The third-order valence-electron chi connectivity index (χ3n) is 5.88. The summed E-state index contributed by atoms with van der Waals surface area (Å²) in [6.45, 7) is 4.02. The lowest BCUT2D eigenvalue weighted by atomic mass is 10.2. The lowest BCUT2D eigenvalue weighted by Gasteiger charge is -2.34. The number of carbonyl (C=O) groups is 1. The van der Waals surface area contributed by atoms with Crippen molar-refractivity contribution in [3.63, 3.8) is 0 Å². The molecule has 2 aromatic carbocycles. The molecule has 0 bridgehead atoms. The predicted molar refractivity (Wildman–Crippen MR) is 135 cm³/mol. The van der Waals surface area contributed by atoms with Crippen molar-refractivity contribution in [2.45, 2.75) is 11.4 Å². The molecule has 1 amide bonds. The number of methoxy groups -OCH3 is 1. The Bertz CT molecular complexity index is 1260. The highest BCUT2D eigenvalue weighted by Crippen LogP contribution is 2.21. The fourth-order valence-electron chi connectivity index (χ4n) is 3.81. The molecule has 35 heavy (non-hydrogen) atoms. The van der Waals surface area contributed by atoms with E-state index in [-0.39, 0.29) is 10.8 Å². The number of hydrogen-bond donors (Lipinski definition) is 2. The Morgan fingerprint density at radius 2 is 1.69 bits per heavy atom. The van der Waals surface area contributed by atoms with Crippen molar-refractivity contribution in [3.8, 4) is 5.75 Å². The van der Waals surface area contributed by atoms with Crippen molar-refractivity contribution in [1.29, 1.82) is 0 Å². The molecular weight excluding hydrogens is 466 g/mol. The van der Waals surface area contributed by atoms with Crippen LogP contribution in [0.4, 0.5) is 11.5 Å². The van der Waals surface area contributed by atoms with Gasteiger partial charge in [-0.05, 0) is 61.6 Å². The highest BCUT2D eigenvalue weighted by Gasteiger charge is 2.19. The molecule has 1 saturated heterocycles. The van der Waals surface area contributed by atoms with E-state index in [2.05, 4.69) is 31.9 Å². The summed E-state index contributed by atoms with van der Waals surface area (Å²) in [5, 5.41) is 2.92. The number of rotatable bonds is 8. The number of ether oxygens (including phenoxy) is 1. The van der Waals surface area contributed by atoms with Crippen LogP contribution in [0.3, 0.4) is 0 Å². The molecule has 2 N–H and O–H groups in total. The minimum absolute atomic E-state index is 0.0643. The number of piperazine rings is 1. The molecule has 9 nitrogen and oxygen atoms in total. The van der Waals surface area contributed by atoms with E-state index in [1.165, 1.54) is 24.3 Å². The lowest BCUT2D eigenvalue weighted by Crippen LogP contribution is -2.45. The highest BCUT2D eigenvalue weighted by molar-refractivity contribution is 7.92. The standard InChI is InChI=1S/C25H29N5O4S/c1-29-14-16-30(17-15-29)24-20(4-3-13-26-24)18-27-25(31)19-5-11-23(12-6-19)35(32,33)28-21-7-9-22(34-2)10-8-21/h3-13,28H,14-18H2,1-2H3,(H,27,31). The first-order valence-corrected chi connectivity index (χ1v) is 12.8. The fourth-order valence-corrected chi connectivity index (χ4v) is 4.87. The first-order valence-electron chi connectivity index (χ1n) is 11.3. The number of likely N-dealkylation sites (N-methyl/N-ethyl adjacent to an activating group) is 1. The minimum Gasteiger partial charge on any atom is -0.497 e. The van der Waals surface area contributed by atoms with Gasteiger partial charge in [-0.3, -0.25) is 9.52 Å². The van der Waals surface area contributed by atoms with E-state index in [9.17, 15) is 13.2 Å². The van der Waals surface area contributed by atoms with Gasteiger partial charge in [0.2, 0.25) is 0 Å². The Labute approximate surface area is 205 Å². The van der Waals surface area contributed by atoms with E-state index in [1.54, 1.807) is 37.6 Å². The van der Waals surface area contributed by atoms with Crippen LogP contribution in [0.25, 0.3) is 0 Å². The SMILES string of the molecule is COc1ccc(NS(=O)(=O)c2ccc(C(=O)NCc3cccnc3N3CCN(C)CC3)cc2)cc1. The van der Waals surface area contributed by atoms with Crippen molar-refractivity contribution >= 4 is 27.4 Å². The number of anilines is 2. The normalized spacial score (nSPS) is 14.4. The molecule has 1 aromatic heterocycles.